The third-order valence-electron chi connectivity index (χ3n) is 4.48. The number of nitrogens with zero attached hydrogens (tertiary/aromatic N) is 1. The van der Waals surface area contributed by atoms with Crippen LogP contribution < -0.4 is 5.46 Å². The maximum Gasteiger partial charge on any atom is 0.496 e. The van der Waals surface area contributed by atoms with Gasteiger partial charge in [0.25, 0.3) is 0 Å². The van der Waals surface area contributed by atoms with E-state index in [-0.39, 0.29) is 0 Å². The van der Waals surface area contributed by atoms with Crippen LogP contribution in [0.15, 0.2) is 36.7 Å². The fourth-order valence-electron chi connectivity index (χ4n) is 2.44. The summed E-state index contributed by atoms with van der Waals surface area (Å²) in [6, 6.07) is 5.17. The number of benzene rings is 1. The Morgan fingerprint density at radius 3 is 1.96 bits per heavy atom. The zero-order valence-electron chi connectivity index (χ0n) is 13.6. The van der Waals surface area contributed by atoms with Gasteiger partial charge in [-0.3, -0.25) is 4.98 Å². The molecule has 6 heteroatoms. The number of aromatic nitrogens is 1. The van der Waals surface area contributed by atoms with Crippen molar-refractivity contribution in [3.8, 4) is 11.1 Å². The monoisotopic (exact) mass is 317 g/mol. The highest BCUT2D eigenvalue weighted by atomic mass is 19.1. The minimum atomic E-state index is -0.624. The minimum absolute atomic E-state index is 0.424. The van der Waals surface area contributed by atoms with E-state index in [0.29, 0.717) is 16.6 Å². The van der Waals surface area contributed by atoms with Gasteiger partial charge in [-0.25, -0.2) is 8.78 Å². The second kappa shape index (κ2) is 5.39. The molecule has 0 atom stereocenters. The molecule has 2 aromatic rings. The molecular formula is C17H18BF2NO2. The summed E-state index contributed by atoms with van der Waals surface area (Å²) >= 11 is 0. The Balaban J connectivity index is 1.95. The van der Waals surface area contributed by atoms with Crippen LogP contribution >= 0.6 is 0 Å². The Bertz CT molecular complexity index is 713. The first-order valence-corrected chi connectivity index (χ1v) is 7.45. The van der Waals surface area contributed by atoms with Gasteiger partial charge < -0.3 is 9.31 Å². The molecule has 120 valence electrons. The first-order chi connectivity index (χ1) is 10.7. The van der Waals surface area contributed by atoms with Crippen molar-refractivity contribution in [2.75, 3.05) is 0 Å². The first-order valence-electron chi connectivity index (χ1n) is 7.45. The van der Waals surface area contributed by atoms with Crippen LogP contribution in [-0.4, -0.2) is 23.3 Å². The standard InChI is InChI=1S/C17H18BF2NO2/c1-16(2)17(3,4)23-18(22-16)13-5-12(9-21-10-13)11-6-14(19)8-15(20)7-11/h5-10H,1-4H3. The Morgan fingerprint density at radius 2 is 1.39 bits per heavy atom. The summed E-state index contributed by atoms with van der Waals surface area (Å²) < 4.78 is 38.8. The Labute approximate surface area is 134 Å². The lowest BCUT2D eigenvalue weighted by atomic mass is 9.79. The molecule has 1 fully saturated rings. The number of rotatable bonds is 2. The summed E-state index contributed by atoms with van der Waals surface area (Å²) in [5.41, 5.74) is 0.826. The molecule has 3 nitrogen and oxygen atoms in total. The van der Waals surface area contributed by atoms with Crippen LogP contribution in [0.25, 0.3) is 11.1 Å². The minimum Gasteiger partial charge on any atom is -0.399 e. The predicted octanol–water partition coefficient (Wildman–Crippen LogP) is 3.33. The van der Waals surface area contributed by atoms with E-state index in [1.165, 1.54) is 12.1 Å². The largest absolute Gasteiger partial charge is 0.496 e. The zero-order valence-corrected chi connectivity index (χ0v) is 13.6. The lowest BCUT2D eigenvalue weighted by Crippen LogP contribution is -2.41. The average Bonchev–Trinajstić information content (AvgIpc) is 2.67. The fraction of sp³-hybridized carbons (Fsp3) is 0.353. The van der Waals surface area contributed by atoms with E-state index in [0.717, 1.165) is 6.07 Å². The molecule has 0 aliphatic carbocycles. The van der Waals surface area contributed by atoms with E-state index < -0.39 is 30.0 Å². The van der Waals surface area contributed by atoms with Gasteiger partial charge in [0.1, 0.15) is 11.6 Å². The normalized spacial score (nSPS) is 19.1. The molecule has 0 N–H and O–H groups in total. The molecule has 0 bridgehead atoms. The van der Waals surface area contributed by atoms with E-state index in [1.807, 2.05) is 27.7 Å². The van der Waals surface area contributed by atoms with Gasteiger partial charge in [-0.15, -0.1) is 0 Å². The van der Waals surface area contributed by atoms with E-state index in [1.54, 1.807) is 18.5 Å². The predicted molar refractivity (Wildman–Crippen MR) is 85.3 cm³/mol. The number of hydrogen-bond acceptors (Lipinski definition) is 3. The zero-order chi connectivity index (χ0) is 16.8. The van der Waals surface area contributed by atoms with E-state index in [2.05, 4.69) is 4.98 Å². The highest BCUT2D eigenvalue weighted by Crippen LogP contribution is 2.36. The molecule has 1 aliphatic heterocycles. The summed E-state index contributed by atoms with van der Waals surface area (Å²) in [5, 5.41) is 0. The molecule has 1 saturated heterocycles. The van der Waals surface area contributed by atoms with E-state index >= 15 is 0 Å². The molecule has 3 rings (SSSR count). The van der Waals surface area contributed by atoms with Crippen molar-refractivity contribution in [1.29, 1.82) is 0 Å². The molecule has 2 heterocycles. The van der Waals surface area contributed by atoms with Gasteiger partial charge in [0, 0.05) is 23.9 Å². The van der Waals surface area contributed by atoms with Gasteiger partial charge in [0.15, 0.2) is 0 Å². The molecule has 0 saturated carbocycles. The van der Waals surface area contributed by atoms with Gasteiger partial charge in [0.2, 0.25) is 0 Å². The van der Waals surface area contributed by atoms with Crippen molar-refractivity contribution in [2.24, 2.45) is 0 Å². The van der Waals surface area contributed by atoms with Gasteiger partial charge in [-0.1, -0.05) is 6.07 Å². The lowest BCUT2D eigenvalue weighted by molar-refractivity contribution is 0.00578. The van der Waals surface area contributed by atoms with Crippen LogP contribution in [0.5, 0.6) is 0 Å². The second-order valence-electron chi connectivity index (χ2n) is 6.75. The molecule has 23 heavy (non-hydrogen) atoms. The molecular weight excluding hydrogens is 299 g/mol. The third kappa shape index (κ3) is 3.01. The highest BCUT2D eigenvalue weighted by molar-refractivity contribution is 6.62. The molecule has 1 aromatic heterocycles. The Hall–Kier alpha value is -1.79. The number of hydrogen-bond donors (Lipinski definition) is 0. The molecule has 0 unspecified atom stereocenters. The molecule has 0 spiro atoms. The van der Waals surface area contributed by atoms with Gasteiger partial charge in [0.05, 0.1) is 11.2 Å². The molecule has 0 amide bonds. The molecule has 1 aliphatic rings. The summed E-state index contributed by atoms with van der Waals surface area (Å²) in [5.74, 6) is -1.25. The smallest absolute Gasteiger partial charge is 0.399 e. The van der Waals surface area contributed by atoms with E-state index in [4.69, 9.17) is 9.31 Å². The third-order valence-corrected chi connectivity index (χ3v) is 4.48. The van der Waals surface area contributed by atoms with Crippen molar-refractivity contribution in [3.63, 3.8) is 0 Å². The van der Waals surface area contributed by atoms with Gasteiger partial charge in [-0.05, 0) is 51.0 Å². The van der Waals surface area contributed by atoms with Crippen LogP contribution in [0.2, 0.25) is 0 Å². The quantitative estimate of drug-likeness (QED) is 0.796. The van der Waals surface area contributed by atoms with Crippen LogP contribution in [0.1, 0.15) is 27.7 Å². The van der Waals surface area contributed by atoms with Crippen LogP contribution in [0, 0.1) is 11.6 Å². The molecule has 0 radical (unpaired) electrons. The van der Waals surface area contributed by atoms with Crippen LogP contribution in [0.4, 0.5) is 8.78 Å². The number of pyridine rings is 1. The average molecular weight is 317 g/mol. The van der Waals surface area contributed by atoms with Crippen molar-refractivity contribution in [1.82, 2.24) is 4.98 Å². The molecule has 1 aromatic carbocycles. The topological polar surface area (TPSA) is 31.4 Å². The van der Waals surface area contributed by atoms with Crippen LogP contribution in [-0.2, 0) is 9.31 Å². The summed E-state index contributed by atoms with van der Waals surface area (Å²) in [4.78, 5) is 4.16. The van der Waals surface area contributed by atoms with Crippen LogP contribution in [0.3, 0.4) is 0 Å². The SMILES string of the molecule is CC1(C)OB(c2cncc(-c3cc(F)cc(F)c3)c2)OC1(C)C. The number of halogens is 2. The maximum absolute atomic E-state index is 13.4. The van der Waals surface area contributed by atoms with Crippen molar-refractivity contribution in [2.45, 2.75) is 38.9 Å². The lowest BCUT2D eigenvalue weighted by Gasteiger charge is -2.32. The van der Waals surface area contributed by atoms with E-state index in [9.17, 15) is 8.78 Å². The van der Waals surface area contributed by atoms with Crippen molar-refractivity contribution >= 4 is 12.6 Å². The first kappa shape index (κ1) is 16.1. The summed E-state index contributed by atoms with van der Waals surface area (Å²) in [6.07, 6.45) is 3.20. The Kier molecular flexibility index (Phi) is 3.77. The van der Waals surface area contributed by atoms with Crippen molar-refractivity contribution < 1.29 is 18.1 Å². The maximum atomic E-state index is 13.4. The van der Waals surface area contributed by atoms with Gasteiger partial charge >= 0.3 is 7.12 Å². The van der Waals surface area contributed by atoms with Gasteiger partial charge in [-0.2, -0.15) is 0 Å². The Morgan fingerprint density at radius 1 is 0.826 bits per heavy atom. The fourth-order valence-corrected chi connectivity index (χ4v) is 2.44. The second-order valence-corrected chi connectivity index (χ2v) is 6.75. The van der Waals surface area contributed by atoms with Crippen molar-refractivity contribution in [3.05, 3.63) is 48.3 Å². The summed E-state index contributed by atoms with van der Waals surface area (Å²) in [7, 11) is -0.564. The highest BCUT2D eigenvalue weighted by Gasteiger charge is 2.51. The summed E-state index contributed by atoms with van der Waals surface area (Å²) in [6.45, 7) is 7.86.